The van der Waals surface area contributed by atoms with E-state index >= 15 is 0 Å². The first-order valence-corrected chi connectivity index (χ1v) is 6.22. The summed E-state index contributed by atoms with van der Waals surface area (Å²) in [5, 5.41) is 12.3. The second-order valence-corrected chi connectivity index (χ2v) is 4.79. The Morgan fingerprint density at radius 3 is 3.06 bits per heavy atom. The lowest BCUT2D eigenvalue weighted by atomic mass is 10.0. The zero-order chi connectivity index (χ0) is 13.1. The lowest BCUT2D eigenvalue weighted by molar-refractivity contribution is 0.0231. The van der Waals surface area contributed by atoms with Gasteiger partial charge in [0.2, 0.25) is 0 Å². The molecule has 1 saturated heterocycles. The zero-order valence-corrected chi connectivity index (χ0v) is 10.8. The van der Waals surface area contributed by atoms with Gasteiger partial charge in [0.25, 0.3) is 0 Å². The molecule has 0 spiro atoms. The number of halogens is 1. The zero-order valence-electron chi connectivity index (χ0n) is 10.0. The van der Waals surface area contributed by atoms with Gasteiger partial charge in [-0.3, -0.25) is 0 Å². The van der Waals surface area contributed by atoms with Crippen LogP contribution in [0.5, 0.6) is 0 Å². The average Bonchev–Trinajstić information content (AvgIpc) is 2.31. The van der Waals surface area contributed by atoms with Crippen LogP contribution in [0.1, 0.15) is 30.3 Å². The number of ether oxygens (including phenoxy) is 1. The third-order valence-electron chi connectivity index (χ3n) is 2.89. The topological polar surface area (TPSA) is 71.5 Å². The lowest BCUT2D eigenvalue weighted by Gasteiger charge is -2.28. The van der Waals surface area contributed by atoms with Gasteiger partial charge in [-0.05, 0) is 31.9 Å². The van der Waals surface area contributed by atoms with Gasteiger partial charge in [0.15, 0.2) is 5.69 Å². The van der Waals surface area contributed by atoms with Gasteiger partial charge in [-0.2, -0.15) is 0 Å². The van der Waals surface area contributed by atoms with Gasteiger partial charge in [-0.25, -0.2) is 9.78 Å². The monoisotopic (exact) mass is 270 g/mol. The molecule has 6 heteroatoms. The molecule has 0 amide bonds. The highest BCUT2D eigenvalue weighted by Gasteiger charge is 2.20. The summed E-state index contributed by atoms with van der Waals surface area (Å²) in [7, 11) is 0. The number of nitrogens with zero attached hydrogens (tertiary/aromatic N) is 1. The Bertz CT molecular complexity index is 453. The standard InChI is InChI=1S/C12H15ClN2O3/c1-7-6-8(4-5-18-7)14-10-3-2-9(13)11(15-10)12(16)17/h2-3,7-8H,4-6H2,1H3,(H,14,15)(H,16,17). The van der Waals surface area contributed by atoms with Crippen molar-refractivity contribution in [1.29, 1.82) is 0 Å². The minimum atomic E-state index is -1.12. The lowest BCUT2D eigenvalue weighted by Crippen LogP contribution is -2.32. The number of hydrogen-bond donors (Lipinski definition) is 2. The Hall–Kier alpha value is -1.33. The van der Waals surface area contributed by atoms with Crippen molar-refractivity contribution < 1.29 is 14.6 Å². The van der Waals surface area contributed by atoms with Crippen molar-refractivity contribution in [1.82, 2.24) is 4.98 Å². The van der Waals surface area contributed by atoms with E-state index in [1.54, 1.807) is 12.1 Å². The molecule has 18 heavy (non-hydrogen) atoms. The fourth-order valence-electron chi connectivity index (χ4n) is 2.01. The van der Waals surface area contributed by atoms with E-state index in [0.29, 0.717) is 12.4 Å². The summed E-state index contributed by atoms with van der Waals surface area (Å²) >= 11 is 5.77. The van der Waals surface area contributed by atoms with Gasteiger partial charge in [-0.15, -0.1) is 0 Å². The molecule has 2 atom stereocenters. The molecule has 1 fully saturated rings. The first-order valence-electron chi connectivity index (χ1n) is 5.84. The summed E-state index contributed by atoms with van der Waals surface area (Å²) in [5.74, 6) is -0.583. The Labute approximate surface area is 110 Å². The molecule has 2 heterocycles. The summed E-state index contributed by atoms with van der Waals surface area (Å²) in [6, 6.07) is 3.49. The first-order chi connectivity index (χ1) is 8.56. The third kappa shape index (κ3) is 3.11. The fourth-order valence-corrected chi connectivity index (χ4v) is 2.20. The van der Waals surface area contributed by atoms with E-state index in [1.807, 2.05) is 6.92 Å². The number of nitrogens with one attached hydrogen (secondary N) is 1. The number of aromatic nitrogens is 1. The largest absolute Gasteiger partial charge is 0.476 e. The summed E-state index contributed by atoms with van der Waals surface area (Å²) in [6.07, 6.45) is 1.98. The van der Waals surface area contributed by atoms with E-state index in [4.69, 9.17) is 21.4 Å². The molecule has 98 valence electrons. The van der Waals surface area contributed by atoms with Crippen LogP contribution in [0, 0.1) is 0 Å². The number of rotatable bonds is 3. The van der Waals surface area contributed by atoms with Crippen LogP contribution in [0.3, 0.4) is 0 Å². The molecule has 2 unspecified atom stereocenters. The Morgan fingerprint density at radius 2 is 2.39 bits per heavy atom. The minimum absolute atomic E-state index is 0.123. The van der Waals surface area contributed by atoms with E-state index in [9.17, 15) is 4.79 Å². The van der Waals surface area contributed by atoms with Gasteiger partial charge in [-0.1, -0.05) is 11.6 Å². The van der Waals surface area contributed by atoms with Crippen molar-refractivity contribution in [2.75, 3.05) is 11.9 Å². The number of carboxylic acid groups (broad SMARTS) is 1. The van der Waals surface area contributed by atoms with Crippen molar-refractivity contribution in [3.8, 4) is 0 Å². The maximum atomic E-state index is 10.9. The molecule has 1 aromatic heterocycles. The molecule has 1 aliphatic heterocycles. The number of aromatic carboxylic acids is 1. The van der Waals surface area contributed by atoms with Gasteiger partial charge >= 0.3 is 5.97 Å². The summed E-state index contributed by atoms with van der Waals surface area (Å²) < 4.78 is 5.45. The minimum Gasteiger partial charge on any atom is -0.476 e. The van der Waals surface area contributed by atoms with Gasteiger partial charge in [0.05, 0.1) is 11.1 Å². The van der Waals surface area contributed by atoms with Crippen LogP contribution in [0.2, 0.25) is 5.02 Å². The van der Waals surface area contributed by atoms with E-state index in [1.165, 1.54) is 0 Å². The SMILES string of the molecule is CC1CC(Nc2ccc(Cl)c(C(=O)O)n2)CCO1. The molecule has 1 aromatic rings. The van der Waals surface area contributed by atoms with Crippen molar-refractivity contribution >= 4 is 23.4 Å². The first kappa shape index (κ1) is 13.1. The molecule has 2 N–H and O–H groups in total. The Kier molecular flexibility index (Phi) is 4.04. The van der Waals surface area contributed by atoms with Gasteiger partial charge in [0, 0.05) is 12.6 Å². The molecule has 0 radical (unpaired) electrons. The molecule has 0 bridgehead atoms. The highest BCUT2D eigenvalue weighted by molar-refractivity contribution is 6.33. The average molecular weight is 271 g/mol. The van der Waals surface area contributed by atoms with Crippen LogP contribution < -0.4 is 5.32 Å². The predicted octanol–water partition coefficient (Wildman–Crippen LogP) is 2.41. The molecule has 0 saturated carbocycles. The fraction of sp³-hybridized carbons (Fsp3) is 0.500. The number of hydrogen-bond acceptors (Lipinski definition) is 4. The van der Waals surface area contributed by atoms with Crippen LogP contribution in [-0.4, -0.2) is 34.8 Å². The molecular weight excluding hydrogens is 256 g/mol. The molecule has 2 rings (SSSR count). The normalized spacial score (nSPS) is 23.7. The van der Waals surface area contributed by atoms with Crippen LogP contribution in [0.15, 0.2) is 12.1 Å². The summed E-state index contributed by atoms with van der Waals surface area (Å²) in [6.45, 7) is 2.73. The second-order valence-electron chi connectivity index (χ2n) is 4.38. The van der Waals surface area contributed by atoms with E-state index in [0.717, 1.165) is 12.8 Å². The maximum Gasteiger partial charge on any atom is 0.356 e. The third-order valence-corrected chi connectivity index (χ3v) is 3.19. The van der Waals surface area contributed by atoms with Gasteiger partial charge in [0.1, 0.15) is 5.82 Å². The van der Waals surface area contributed by atoms with Crippen LogP contribution in [0.25, 0.3) is 0 Å². The van der Waals surface area contributed by atoms with Crippen LogP contribution in [-0.2, 0) is 4.74 Å². The number of carboxylic acids is 1. The van der Waals surface area contributed by atoms with Crippen molar-refractivity contribution in [3.63, 3.8) is 0 Å². The van der Waals surface area contributed by atoms with Crippen LogP contribution >= 0.6 is 11.6 Å². The molecule has 0 aliphatic carbocycles. The molecule has 5 nitrogen and oxygen atoms in total. The van der Waals surface area contributed by atoms with E-state index in [-0.39, 0.29) is 22.9 Å². The number of anilines is 1. The molecular formula is C12H15ClN2O3. The smallest absolute Gasteiger partial charge is 0.356 e. The maximum absolute atomic E-state index is 10.9. The molecule has 0 aromatic carbocycles. The van der Waals surface area contributed by atoms with E-state index < -0.39 is 5.97 Å². The number of pyridine rings is 1. The number of carbonyl (C=O) groups is 1. The highest BCUT2D eigenvalue weighted by atomic mass is 35.5. The Morgan fingerprint density at radius 1 is 1.61 bits per heavy atom. The Balaban J connectivity index is 2.09. The predicted molar refractivity (Wildman–Crippen MR) is 68.3 cm³/mol. The quantitative estimate of drug-likeness (QED) is 0.883. The van der Waals surface area contributed by atoms with Gasteiger partial charge < -0.3 is 15.2 Å². The molecule has 1 aliphatic rings. The van der Waals surface area contributed by atoms with Crippen molar-refractivity contribution in [2.45, 2.75) is 31.9 Å². The van der Waals surface area contributed by atoms with E-state index in [2.05, 4.69) is 10.3 Å². The summed E-state index contributed by atoms with van der Waals surface area (Å²) in [5.41, 5.74) is -0.123. The van der Waals surface area contributed by atoms with Crippen molar-refractivity contribution in [3.05, 3.63) is 22.8 Å². The second kappa shape index (κ2) is 5.54. The van der Waals surface area contributed by atoms with Crippen LogP contribution in [0.4, 0.5) is 5.82 Å². The highest BCUT2D eigenvalue weighted by Crippen LogP contribution is 2.20. The summed E-state index contributed by atoms with van der Waals surface area (Å²) in [4.78, 5) is 14.9. The van der Waals surface area contributed by atoms with Crippen molar-refractivity contribution in [2.24, 2.45) is 0 Å².